The third kappa shape index (κ3) is 5.78. The molecule has 3 amide bonds. The van der Waals surface area contributed by atoms with E-state index in [0.29, 0.717) is 19.6 Å². The van der Waals surface area contributed by atoms with Crippen LogP contribution >= 0.6 is 0 Å². The van der Waals surface area contributed by atoms with Gasteiger partial charge in [-0.2, -0.15) is 0 Å². The lowest BCUT2D eigenvalue weighted by Crippen LogP contribution is -2.48. The van der Waals surface area contributed by atoms with Gasteiger partial charge in [-0.05, 0) is 68.1 Å². The van der Waals surface area contributed by atoms with E-state index in [-0.39, 0.29) is 17.9 Å². The number of urea groups is 1. The fraction of sp³-hybridized carbons (Fsp3) is 0.462. The van der Waals surface area contributed by atoms with Crippen molar-refractivity contribution in [3.05, 3.63) is 54.1 Å². The third-order valence-electron chi connectivity index (χ3n) is 6.57. The molecule has 2 aliphatic rings. The Hall–Kier alpha value is -3.22. The molecule has 0 saturated carbocycles. The first-order valence-electron chi connectivity index (χ1n) is 11.8. The monoisotopic (exact) mass is 450 g/mol. The predicted octanol–water partition coefficient (Wildman–Crippen LogP) is 3.99. The van der Waals surface area contributed by atoms with E-state index in [1.807, 2.05) is 48.2 Å². The van der Waals surface area contributed by atoms with Crippen LogP contribution in [0.1, 0.15) is 24.8 Å². The maximum Gasteiger partial charge on any atom is 0.321 e. The molecule has 2 fully saturated rings. The molecular weight excluding hydrogens is 416 g/mol. The molecule has 1 atom stereocenters. The number of rotatable bonds is 4. The summed E-state index contributed by atoms with van der Waals surface area (Å²) in [6.45, 7) is 6.37. The molecule has 2 heterocycles. The molecule has 1 N–H and O–H groups in total. The second kappa shape index (κ2) is 10.6. The first-order chi connectivity index (χ1) is 16.0. The van der Waals surface area contributed by atoms with Crippen molar-refractivity contribution in [1.82, 2.24) is 9.80 Å². The van der Waals surface area contributed by atoms with Gasteiger partial charge in [-0.1, -0.05) is 12.1 Å². The highest BCUT2D eigenvalue weighted by atomic mass is 16.5. The van der Waals surface area contributed by atoms with E-state index in [1.54, 1.807) is 12.0 Å². The zero-order valence-corrected chi connectivity index (χ0v) is 19.6. The summed E-state index contributed by atoms with van der Waals surface area (Å²) in [5.41, 5.74) is 3.05. The Morgan fingerprint density at radius 2 is 1.73 bits per heavy atom. The minimum absolute atomic E-state index is 0.125. The molecule has 0 spiro atoms. The van der Waals surface area contributed by atoms with Crippen molar-refractivity contribution in [1.29, 1.82) is 0 Å². The Balaban J connectivity index is 1.32. The molecule has 1 unspecified atom stereocenters. The molecule has 7 heteroatoms. The van der Waals surface area contributed by atoms with Crippen LogP contribution in [0.15, 0.2) is 48.5 Å². The number of carbonyl (C=O) groups excluding carboxylic acids is 2. The lowest BCUT2D eigenvalue weighted by molar-refractivity contribution is -0.136. The lowest BCUT2D eigenvalue weighted by atomic mass is 9.96. The van der Waals surface area contributed by atoms with Crippen molar-refractivity contribution in [2.75, 3.05) is 56.6 Å². The normalized spacial score (nSPS) is 19.1. The van der Waals surface area contributed by atoms with Crippen molar-refractivity contribution in [2.24, 2.45) is 5.92 Å². The van der Waals surface area contributed by atoms with Gasteiger partial charge in [0.1, 0.15) is 5.75 Å². The number of nitrogens with one attached hydrogen (secondary N) is 1. The van der Waals surface area contributed by atoms with Crippen molar-refractivity contribution in [3.8, 4) is 5.75 Å². The van der Waals surface area contributed by atoms with Crippen LogP contribution in [0, 0.1) is 12.8 Å². The van der Waals surface area contributed by atoms with Gasteiger partial charge in [0, 0.05) is 50.6 Å². The van der Waals surface area contributed by atoms with Gasteiger partial charge >= 0.3 is 6.03 Å². The fourth-order valence-electron chi connectivity index (χ4n) is 4.74. The fourth-order valence-corrected chi connectivity index (χ4v) is 4.74. The number of piperidine rings is 1. The van der Waals surface area contributed by atoms with Crippen LogP contribution in [0.5, 0.6) is 5.75 Å². The topological polar surface area (TPSA) is 65.1 Å². The van der Waals surface area contributed by atoms with Crippen LogP contribution in [0.2, 0.25) is 0 Å². The van der Waals surface area contributed by atoms with E-state index in [0.717, 1.165) is 61.6 Å². The molecule has 0 radical (unpaired) electrons. The van der Waals surface area contributed by atoms with Crippen molar-refractivity contribution in [2.45, 2.75) is 26.2 Å². The number of hydrogen-bond acceptors (Lipinski definition) is 4. The zero-order valence-electron chi connectivity index (χ0n) is 19.6. The Bertz CT molecular complexity index is 962. The molecule has 0 bridgehead atoms. The lowest BCUT2D eigenvalue weighted by Gasteiger charge is -2.34. The van der Waals surface area contributed by atoms with E-state index in [1.165, 1.54) is 0 Å². The number of ether oxygens (including phenoxy) is 1. The van der Waals surface area contributed by atoms with Crippen molar-refractivity contribution >= 4 is 23.3 Å². The van der Waals surface area contributed by atoms with Crippen LogP contribution in [-0.2, 0) is 4.79 Å². The number of amides is 3. The maximum atomic E-state index is 13.3. The second-order valence-electron chi connectivity index (χ2n) is 8.95. The van der Waals surface area contributed by atoms with Crippen molar-refractivity contribution in [3.63, 3.8) is 0 Å². The summed E-state index contributed by atoms with van der Waals surface area (Å²) in [5.74, 6) is 0.896. The van der Waals surface area contributed by atoms with Crippen LogP contribution < -0.4 is 15.0 Å². The van der Waals surface area contributed by atoms with Gasteiger partial charge < -0.3 is 24.8 Å². The van der Waals surface area contributed by atoms with Gasteiger partial charge in [0.25, 0.3) is 0 Å². The molecule has 33 heavy (non-hydrogen) atoms. The van der Waals surface area contributed by atoms with Crippen LogP contribution in [0.4, 0.5) is 16.2 Å². The summed E-state index contributed by atoms with van der Waals surface area (Å²) in [6, 6.07) is 15.7. The molecule has 7 nitrogen and oxygen atoms in total. The van der Waals surface area contributed by atoms with Gasteiger partial charge in [0.15, 0.2) is 0 Å². The Morgan fingerprint density at radius 1 is 0.939 bits per heavy atom. The van der Waals surface area contributed by atoms with E-state index in [2.05, 4.69) is 22.3 Å². The summed E-state index contributed by atoms with van der Waals surface area (Å²) in [6.07, 6.45) is 2.62. The maximum absolute atomic E-state index is 13.3. The number of anilines is 2. The number of hydrogen-bond donors (Lipinski definition) is 1. The van der Waals surface area contributed by atoms with Gasteiger partial charge in [-0.3, -0.25) is 4.79 Å². The summed E-state index contributed by atoms with van der Waals surface area (Å²) in [5, 5.41) is 2.98. The van der Waals surface area contributed by atoms with Gasteiger partial charge in [-0.25, -0.2) is 4.79 Å². The van der Waals surface area contributed by atoms with E-state index in [4.69, 9.17) is 4.74 Å². The molecule has 2 aliphatic heterocycles. The summed E-state index contributed by atoms with van der Waals surface area (Å²) in [7, 11) is 1.67. The average molecular weight is 451 g/mol. The molecule has 0 aliphatic carbocycles. The highest BCUT2D eigenvalue weighted by Crippen LogP contribution is 2.23. The summed E-state index contributed by atoms with van der Waals surface area (Å²) in [4.78, 5) is 32.2. The molecule has 2 aromatic rings. The van der Waals surface area contributed by atoms with Gasteiger partial charge in [0.2, 0.25) is 5.91 Å². The average Bonchev–Trinajstić information content (AvgIpc) is 3.10. The van der Waals surface area contributed by atoms with Crippen LogP contribution in [0.25, 0.3) is 0 Å². The minimum atomic E-state index is -0.130. The van der Waals surface area contributed by atoms with Crippen LogP contribution in [0.3, 0.4) is 0 Å². The Labute approximate surface area is 196 Å². The molecule has 2 aromatic carbocycles. The van der Waals surface area contributed by atoms with E-state index >= 15 is 0 Å². The van der Waals surface area contributed by atoms with Gasteiger partial charge in [0.05, 0.1) is 13.0 Å². The minimum Gasteiger partial charge on any atom is -0.497 e. The Morgan fingerprint density at radius 3 is 2.48 bits per heavy atom. The highest BCUT2D eigenvalue weighted by molar-refractivity contribution is 5.90. The summed E-state index contributed by atoms with van der Waals surface area (Å²) < 4.78 is 5.26. The number of nitrogens with zero attached hydrogens (tertiary/aromatic N) is 3. The quantitative estimate of drug-likeness (QED) is 0.765. The van der Waals surface area contributed by atoms with E-state index < -0.39 is 0 Å². The number of methoxy groups -OCH3 is 1. The number of carbonyl (C=O) groups is 2. The number of benzene rings is 2. The van der Waals surface area contributed by atoms with Crippen molar-refractivity contribution < 1.29 is 14.3 Å². The molecule has 2 saturated heterocycles. The molecule has 0 aromatic heterocycles. The second-order valence-corrected chi connectivity index (χ2v) is 8.95. The van der Waals surface area contributed by atoms with E-state index in [9.17, 15) is 9.59 Å². The number of aryl methyl sites for hydroxylation is 1. The highest BCUT2D eigenvalue weighted by Gasteiger charge is 2.32. The first-order valence-corrected chi connectivity index (χ1v) is 11.8. The predicted molar refractivity (Wildman–Crippen MR) is 131 cm³/mol. The smallest absolute Gasteiger partial charge is 0.321 e. The SMILES string of the molecule is COc1ccc(N2CCCN(C(=O)C3CCCN(C(=O)Nc4cccc(C)c4)C3)CC2)cc1. The van der Waals surface area contributed by atoms with Gasteiger partial charge in [-0.15, -0.1) is 0 Å². The molecule has 4 rings (SSSR count). The molecular formula is C26H34N4O3. The largest absolute Gasteiger partial charge is 0.497 e. The third-order valence-corrected chi connectivity index (χ3v) is 6.57. The first kappa shape index (κ1) is 23.0. The summed E-state index contributed by atoms with van der Waals surface area (Å²) >= 11 is 0. The van der Waals surface area contributed by atoms with Crippen LogP contribution in [-0.4, -0.2) is 68.1 Å². The number of likely N-dealkylation sites (tertiary alicyclic amines) is 1. The Kier molecular flexibility index (Phi) is 7.37. The standard InChI is InChI=1S/C26H34N4O3/c1-20-6-3-8-22(18-20)27-26(32)30-13-4-7-21(19-30)25(31)29-15-5-14-28(16-17-29)23-9-11-24(33-2)12-10-23/h3,6,8-12,18,21H,4-5,7,13-17,19H2,1-2H3,(H,27,32). The molecule has 176 valence electrons. The zero-order chi connectivity index (χ0) is 23.2.